The molecule has 4 rings (SSSR count). The minimum absolute atomic E-state index is 0.00426. The van der Waals surface area contributed by atoms with Gasteiger partial charge in [0.15, 0.2) is 0 Å². The van der Waals surface area contributed by atoms with Crippen molar-refractivity contribution in [1.29, 1.82) is 0 Å². The predicted octanol–water partition coefficient (Wildman–Crippen LogP) is 7.28. The molecule has 1 N–H and O–H groups in total. The van der Waals surface area contributed by atoms with Gasteiger partial charge in [0, 0.05) is 11.3 Å². The minimum Gasteiger partial charge on any atom is -0.507 e. The molecule has 3 aromatic carbocycles. The molecular weight excluding hydrogens is 502 g/mol. The highest BCUT2D eigenvalue weighted by atomic mass is 35.5. The zero-order valence-corrected chi connectivity index (χ0v) is 23.0. The Morgan fingerprint density at radius 1 is 0.974 bits per heavy atom. The number of nitrogens with zero attached hydrogens (tertiary/aromatic N) is 1. The number of amides is 1. The fourth-order valence-corrected chi connectivity index (χ4v) is 4.68. The summed E-state index contributed by atoms with van der Waals surface area (Å²) in [7, 11) is 0. The van der Waals surface area contributed by atoms with Crippen molar-refractivity contribution in [1.82, 2.24) is 0 Å². The van der Waals surface area contributed by atoms with Crippen LogP contribution in [0.3, 0.4) is 0 Å². The Kier molecular flexibility index (Phi) is 8.12. The number of hydrogen-bond donors (Lipinski definition) is 1. The zero-order chi connectivity index (χ0) is 27.6. The van der Waals surface area contributed by atoms with Crippen LogP contribution in [0.1, 0.15) is 63.3 Å². The quantitative estimate of drug-likeness (QED) is 0.187. The van der Waals surface area contributed by atoms with Gasteiger partial charge in [-0.2, -0.15) is 0 Å². The lowest BCUT2D eigenvalue weighted by molar-refractivity contribution is -0.132. The number of anilines is 1. The van der Waals surface area contributed by atoms with Crippen molar-refractivity contribution in [2.24, 2.45) is 0 Å². The lowest BCUT2D eigenvalue weighted by atomic mass is 9.94. The van der Waals surface area contributed by atoms with Crippen molar-refractivity contribution in [3.05, 3.63) is 94.0 Å². The van der Waals surface area contributed by atoms with Crippen molar-refractivity contribution < 1.29 is 24.2 Å². The molecule has 3 aromatic rings. The number of Topliss-reactive ketones (excluding diaryl/α,β-unsaturated/α-hetero) is 1. The average molecular weight is 534 g/mol. The number of ketones is 1. The first-order valence-corrected chi connectivity index (χ1v) is 13.1. The Balaban J connectivity index is 1.88. The van der Waals surface area contributed by atoms with Gasteiger partial charge in [0.2, 0.25) is 0 Å². The smallest absolute Gasteiger partial charge is 0.300 e. The van der Waals surface area contributed by atoms with E-state index in [-0.39, 0.29) is 17.4 Å². The van der Waals surface area contributed by atoms with Gasteiger partial charge in [-0.05, 0) is 80.3 Å². The molecule has 1 aliphatic heterocycles. The highest BCUT2D eigenvalue weighted by Gasteiger charge is 2.47. The highest BCUT2D eigenvalue weighted by molar-refractivity contribution is 6.51. The molecule has 1 saturated heterocycles. The molecule has 0 aromatic heterocycles. The number of aliphatic hydroxyl groups is 1. The van der Waals surface area contributed by atoms with Crippen molar-refractivity contribution in [3.63, 3.8) is 0 Å². The summed E-state index contributed by atoms with van der Waals surface area (Å²) >= 11 is 6.24. The van der Waals surface area contributed by atoms with E-state index in [0.29, 0.717) is 45.9 Å². The van der Waals surface area contributed by atoms with Crippen molar-refractivity contribution in [2.75, 3.05) is 11.5 Å². The number of hydrogen-bond acceptors (Lipinski definition) is 5. The van der Waals surface area contributed by atoms with E-state index in [1.54, 1.807) is 30.3 Å². The molecule has 1 fully saturated rings. The number of carbonyl (C=O) groups is 2. The second-order valence-electron chi connectivity index (χ2n) is 9.73. The van der Waals surface area contributed by atoms with Crippen molar-refractivity contribution in [2.45, 2.75) is 52.7 Å². The maximum Gasteiger partial charge on any atom is 0.300 e. The normalized spacial score (nSPS) is 16.9. The Hall–Kier alpha value is -3.77. The third kappa shape index (κ3) is 5.41. The summed E-state index contributed by atoms with van der Waals surface area (Å²) in [6.07, 6.45) is -0.00426. The molecule has 1 aliphatic rings. The summed E-state index contributed by atoms with van der Waals surface area (Å²) in [5.41, 5.74) is 2.66. The fourth-order valence-electron chi connectivity index (χ4n) is 4.51. The highest BCUT2D eigenvalue weighted by Crippen LogP contribution is 2.43. The van der Waals surface area contributed by atoms with Gasteiger partial charge in [0.1, 0.15) is 17.3 Å². The third-order valence-electron chi connectivity index (χ3n) is 6.35. The SMILES string of the molecule is CCOc1cc(/C(O)=C2/C(=O)C(=O)N(c3ccc(C(C)C)cc3)C2c2ccc(OC(C)C)cc2)ccc1Cl. The molecule has 6 nitrogen and oxygen atoms in total. The summed E-state index contributed by atoms with van der Waals surface area (Å²) in [6, 6.07) is 18.7. The van der Waals surface area contributed by atoms with Crippen LogP contribution in [0.15, 0.2) is 72.3 Å². The van der Waals surface area contributed by atoms with Crippen LogP contribution in [0, 0.1) is 0 Å². The van der Waals surface area contributed by atoms with Gasteiger partial charge in [-0.25, -0.2) is 0 Å². The number of ether oxygens (including phenoxy) is 2. The van der Waals surface area contributed by atoms with E-state index < -0.39 is 17.7 Å². The second-order valence-corrected chi connectivity index (χ2v) is 10.1. The van der Waals surface area contributed by atoms with E-state index in [1.165, 1.54) is 4.90 Å². The molecule has 0 saturated carbocycles. The summed E-state index contributed by atoms with van der Waals surface area (Å²) in [5, 5.41) is 11.8. The largest absolute Gasteiger partial charge is 0.507 e. The Bertz CT molecular complexity index is 1360. The Morgan fingerprint density at radius 2 is 1.63 bits per heavy atom. The molecule has 0 radical (unpaired) electrons. The maximum absolute atomic E-state index is 13.5. The molecule has 0 spiro atoms. The lowest BCUT2D eigenvalue weighted by Gasteiger charge is -2.26. The number of halogens is 1. The Labute approximate surface area is 228 Å². The standard InChI is InChI=1S/C31H32ClNO5/c1-6-37-26-17-22(11-16-25(26)32)29(34)27-28(21-9-14-24(15-10-21)38-19(4)5)33(31(36)30(27)35)23-12-7-20(8-13-23)18(2)3/h7-19,28,34H,6H2,1-5H3/b29-27-. The molecule has 1 atom stereocenters. The van der Waals surface area contributed by atoms with Gasteiger partial charge in [-0.1, -0.05) is 49.7 Å². The molecule has 7 heteroatoms. The van der Waals surface area contributed by atoms with Crippen LogP contribution >= 0.6 is 11.6 Å². The second kappa shape index (κ2) is 11.3. The molecule has 1 heterocycles. The van der Waals surface area contributed by atoms with Crippen molar-refractivity contribution in [3.8, 4) is 11.5 Å². The first-order chi connectivity index (χ1) is 18.1. The van der Waals surface area contributed by atoms with E-state index in [2.05, 4.69) is 13.8 Å². The molecular formula is C31H32ClNO5. The summed E-state index contributed by atoms with van der Waals surface area (Å²) in [5.74, 6) is -0.418. The number of aliphatic hydroxyl groups excluding tert-OH is 1. The zero-order valence-electron chi connectivity index (χ0n) is 22.2. The van der Waals surface area contributed by atoms with E-state index in [9.17, 15) is 14.7 Å². The number of benzene rings is 3. The number of rotatable bonds is 8. The molecule has 0 bridgehead atoms. The molecule has 198 valence electrons. The van der Waals surface area contributed by atoms with Crippen molar-refractivity contribution >= 4 is 34.7 Å². The Morgan fingerprint density at radius 3 is 2.21 bits per heavy atom. The molecule has 1 amide bonds. The topological polar surface area (TPSA) is 76.1 Å². The molecule has 0 aliphatic carbocycles. The molecule has 38 heavy (non-hydrogen) atoms. The van der Waals surface area contributed by atoms with Gasteiger partial charge in [0.25, 0.3) is 11.7 Å². The van der Waals surface area contributed by atoms with Crippen LogP contribution in [0.4, 0.5) is 5.69 Å². The van der Waals surface area contributed by atoms with Gasteiger partial charge in [-0.15, -0.1) is 0 Å². The van der Waals surface area contributed by atoms with Crippen LogP contribution < -0.4 is 14.4 Å². The van der Waals surface area contributed by atoms with E-state index >= 15 is 0 Å². The van der Waals surface area contributed by atoms with Crippen LogP contribution in [-0.4, -0.2) is 29.5 Å². The first-order valence-electron chi connectivity index (χ1n) is 12.7. The minimum atomic E-state index is -0.848. The monoisotopic (exact) mass is 533 g/mol. The fraction of sp³-hybridized carbons (Fsp3) is 0.290. The molecule has 1 unspecified atom stereocenters. The number of carbonyl (C=O) groups excluding carboxylic acids is 2. The first kappa shape index (κ1) is 27.3. The van der Waals surface area contributed by atoms with Crippen LogP contribution in [0.2, 0.25) is 5.02 Å². The predicted molar refractivity (Wildman–Crippen MR) is 150 cm³/mol. The maximum atomic E-state index is 13.5. The summed E-state index contributed by atoms with van der Waals surface area (Å²) in [6.45, 7) is 10.3. The van der Waals surface area contributed by atoms with Gasteiger partial charge in [0.05, 0.1) is 29.3 Å². The van der Waals surface area contributed by atoms with E-state index in [1.807, 2.05) is 57.2 Å². The third-order valence-corrected chi connectivity index (χ3v) is 6.67. The van der Waals surface area contributed by atoms with E-state index in [0.717, 1.165) is 5.56 Å². The summed E-state index contributed by atoms with van der Waals surface area (Å²) < 4.78 is 11.4. The average Bonchev–Trinajstić information content (AvgIpc) is 3.15. The van der Waals surface area contributed by atoms with Crippen LogP contribution in [0.25, 0.3) is 5.76 Å². The van der Waals surface area contributed by atoms with Gasteiger partial charge < -0.3 is 14.6 Å². The van der Waals surface area contributed by atoms with Gasteiger partial charge in [-0.3, -0.25) is 14.5 Å². The summed E-state index contributed by atoms with van der Waals surface area (Å²) in [4.78, 5) is 28.4. The van der Waals surface area contributed by atoms with Crippen LogP contribution in [0.5, 0.6) is 11.5 Å². The lowest BCUT2D eigenvalue weighted by Crippen LogP contribution is -2.29. The van der Waals surface area contributed by atoms with E-state index in [4.69, 9.17) is 21.1 Å². The van der Waals surface area contributed by atoms with Crippen LogP contribution in [-0.2, 0) is 9.59 Å². The van der Waals surface area contributed by atoms with Gasteiger partial charge >= 0.3 is 0 Å².